The second kappa shape index (κ2) is 17.4. The van der Waals surface area contributed by atoms with E-state index in [4.69, 9.17) is 8.83 Å². The molecule has 2 aromatic heterocycles. The van der Waals surface area contributed by atoms with Crippen LogP contribution in [0.3, 0.4) is 0 Å². The molecule has 0 saturated carbocycles. The number of unbranched alkanes of at least 4 members (excludes halogenated alkanes) is 3. The van der Waals surface area contributed by atoms with Gasteiger partial charge in [-0.1, -0.05) is 76.2 Å². The van der Waals surface area contributed by atoms with Gasteiger partial charge < -0.3 is 18.6 Å². The SMILES string of the molecule is CC1CC(C)CN(c2ccc(/C=C/c3oc4ccccc4[n+]3CCCCCC[n+]3c(/C=C/c4ccc(N5CC(C)CC(C)C5)cc4)oc4ccccc43)cc2)C1. The fourth-order valence-corrected chi connectivity index (χ4v) is 9.38. The molecule has 6 aromatic rings. The molecule has 56 heavy (non-hydrogen) atoms. The van der Waals surface area contributed by atoms with Crippen molar-refractivity contribution in [2.24, 2.45) is 23.7 Å². The molecule has 0 amide bonds. The number of benzene rings is 4. The van der Waals surface area contributed by atoms with Gasteiger partial charge in [-0.25, -0.2) is 0 Å². The van der Waals surface area contributed by atoms with Crippen LogP contribution in [0.25, 0.3) is 46.5 Å². The lowest BCUT2D eigenvalue weighted by Crippen LogP contribution is -2.38. The number of nitrogens with zero attached hydrogens (tertiary/aromatic N) is 4. The van der Waals surface area contributed by atoms with Crippen LogP contribution < -0.4 is 18.9 Å². The molecule has 4 heterocycles. The first kappa shape index (κ1) is 37.8. The van der Waals surface area contributed by atoms with Gasteiger partial charge in [0.2, 0.25) is 11.2 Å². The van der Waals surface area contributed by atoms with E-state index in [0.717, 1.165) is 123 Å². The lowest BCUT2D eigenvalue weighted by molar-refractivity contribution is -0.680. The van der Waals surface area contributed by atoms with Crippen molar-refractivity contribution in [1.82, 2.24) is 0 Å². The van der Waals surface area contributed by atoms with Gasteiger partial charge in [0.25, 0.3) is 11.0 Å². The summed E-state index contributed by atoms with van der Waals surface area (Å²) < 4.78 is 17.5. The first-order valence-corrected chi connectivity index (χ1v) is 21.2. The van der Waals surface area contributed by atoms with E-state index < -0.39 is 0 Å². The van der Waals surface area contributed by atoms with Crippen LogP contribution in [0.2, 0.25) is 0 Å². The highest BCUT2D eigenvalue weighted by Gasteiger charge is 2.24. The molecule has 6 nitrogen and oxygen atoms in total. The summed E-state index contributed by atoms with van der Waals surface area (Å²) in [5.74, 6) is 4.76. The molecule has 8 rings (SSSR count). The van der Waals surface area contributed by atoms with Gasteiger partial charge >= 0.3 is 11.8 Å². The van der Waals surface area contributed by atoms with Crippen molar-refractivity contribution >= 4 is 57.9 Å². The molecule has 2 aliphatic heterocycles. The van der Waals surface area contributed by atoms with Crippen molar-refractivity contribution in [3.05, 3.63) is 120 Å². The molecule has 0 aliphatic carbocycles. The predicted octanol–water partition coefficient (Wildman–Crippen LogP) is 11.3. The van der Waals surface area contributed by atoms with Crippen molar-refractivity contribution in [3.63, 3.8) is 0 Å². The molecular formula is C50H60N4O2+2. The van der Waals surface area contributed by atoms with E-state index in [1.54, 1.807) is 0 Å². The normalized spacial score (nSPS) is 20.6. The van der Waals surface area contributed by atoms with E-state index in [-0.39, 0.29) is 0 Å². The number of para-hydroxylation sites is 4. The molecule has 6 heteroatoms. The minimum absolute atomic E-state index is 0.741. The number of hydrogen-bond donors (Lipinski definition) is 0. The van der Waals surface area contributed by atoms with Gasteiger partial charge in [0.15, 0.2) is 13.1 Å². The summed E-state index contributed by atoms with van der Waals surface area (Å²) in [6, 6.07) is 34.8. The number of anilines is 2. The Bertz CT molecular complexity index is 2080. The zero-order valence-electron chi connectivity index (χ0n) is 33.9. The van der Waals surface area contributed by atoms with Crippen LogP contribution in [0, 0.1) is 23.7 Å². The molecule has 0 N–H and O–H groups in total. The maximum Gasteiger partial charge on any atom is 0.374 e. The van der Waals surface area contributed by atoms with Crippen molar-refractivity contribution in [2.45, 2.75) is 79.3 Å². The minimum Gasteiger partial charge on any atom is -0.398 e. The van der Waals surface area contributed by atoms with E-state index in [0.29, 0.717) is 0 Å². The van der Waals surface area contributed by atoms with Crippen LogP contribution in [-0.4, -0.2) is 26.2 Å². The Morgan fingerprint density at radius 1 is 0.482 bits per heavy atom. The second-order valence-electron chi connectivity index (χ2n) is 17.1. The van der Waals surface area contributed by atoms with Gasteiger partial charge in [0.05, 0.1) is 12.2 Å². The van der Waals surface area contributed by atoms with Gasteiger partial charge in [-0.05, 0) is 109 Å². The first-order valence-electron chi connectivity index (χ1n) is 21.2. The monoisotopic (exact) mass is 748 g/mol. The molecule has 2 fully saturated rings. The Balaban J connectivity index is 0.878. The number of rotatable bonds is 13. The molecule has 0 spiro atoms. The second-order valence-corrected chi connectivity index (χ2v) is 17.1. The molecule has 4 unspecified atom stereocenters. The van der Waals surface area contributed by atoms with Crippen molar-refractivity contribution in [2.75, 3.05) is 36.0 Å². The van der Waals surface area contributed by atoms with Gasteiger partial charge in [-0.2, -0.15) is 9.13 Å². The number of fused-ring (bicyclic) bond motifs is 2. The summed E-state index contributed by atoms with van der Waals surface area (Å²) in [5.41, 5.74) is 9.19. The Hall–Kier alpha value is -5.10. The Labute approximate surface area is 333 Å². The largest absolute Gasteiger partial charge is 0.398 e. The lowest BCUT2D eigenvalue weighted by Gasteiger charge is -2.36. The Morgan fingerprint density at radius 3 is 1.25 bits per heavy atom. The molecule has 2 aliphatic rings. The fourth-order valence-electron chi connectivity index (χ4n) is 9.38. The topological polar surface area (TPSA) is 40.5 Å². The fraction of sp³-hybridized carbons (Fsp3) is 0.400. The average molecular weight is 749 g/mol. The molecule has 4 atom stereocenters. The maximum atomic E-state index is 6.39. The highest BCUT2D eigenvalue weighted by Crippen LogP contribution is 2.28. The minimum atomic E-state index is 0.741. The zero-order chi connectivity index (χ0) is 38.4. The van der Waals surface area contributed by atoms with Gasteiger partial charge in [-0.3, -0.25) is 0 Å². The third kappa shape index (κ3) is 8.96. The summed E-state index contributed by atoms with van der Waals surface area (Å²) in [6.45, 7) is 15.9. The van der Waals surface area contributed by atoms with Gasteiger partial charge in [0.1, 0.15) is 0 Å². The van der Waals surface area contributed by atoms with E-state index in [1.807, 2.05) is 0 Å². The van der Waals surface area contributed by atoms with E-state index >= 15 is 0 Å². The summed E-state index contributed by atoms with van der Waals surface area (Å²) in [6.07, 6.45) is 15.8. The Morgan fingerprint density at radius 2 is 0.857 bits per heavy atom. The molecule has 290 valence electrons. The smallest absolute Gasteiger partial charge is 0.374 e. The van der Waals surface area contributed by atoms with Crippen molar-refractivity contribution in [1.29, 1.82) is 0 Å². The van der Waals surface area contributed by atoms with Crippen LogP contribution in [0.1, 0.15) is 89.1 Å². The highest BCUT2D eigenvalue weighted by molar-refractivity contribution is 5.73. The molecule has 4 aromatic carbocycles. The predicted molar refractivity (Wildman–Crippen MR) is 232 cm³/mol. The number of piperidine rings is 2. The average Bonchev–Trinajstić information content (AvgIpc) is 3.74. The first-order chi connectivity index (χ1) is 27.4. The Kier molecular flexibility index (Phi) is 11.7. The summed E-state index contributed by atoms with van der Waals surface area (Å²) >= 11 is 0. The van der Waals surface area contributed by atoms with Crippen LogP contribution in [0.15, 0.2) is 106 Å². The number of aromatic nitrogens is 2. The van der Waals surface area contributed by atoms with Gasteiger partial charge in [-0.15, -0.1) is 0 Å². The third-order valence-corrected chi connectivity index (χ3v) is 11.9. The zero-order valence-corrected chi connectivity index (χ0v) is 33.9. The maximum absolute atomic E-state index is 6.39. The van der Waals surface area contributed by atoms with Gasteiger partial charge in [0, 0.05) is 62.5 Å². The molecule has 0 radical (unpaired) electrons. The number of aryl methyl sites for hydroxylation is 2. The number of hydrogen-bond acceptors (Lipinski definition) is 4. The van der Waals surface area contributed by atoms with Crippen LogP contribution in [0.4, 0.5) is 11.4 Å². The molecule has 0 bridgehead atoms. The van der Waals surface area contributed by atoms with Crippen LogP contribution >= 0.6 is 0 Å². The summed E-state index contributed by atoms with van der Waals surface area (Å²) in [4.78, 5) is 5.09. The van der Waals surface area contributed by atoms with Crippen molar-refractivity contribution in [3.8, 4) is 0 Å². The number of oxazole rings is 2. The third-order valence-electron chi connectivity index (χ3n) is 11.9. The summed E-state index contributed by atoms with van der Waals surface area (Å²) in [5, 5.41) is 0. The molecule has 2 saturated heterocycles. The standard InChI is InChI=1S/C50H60N4O2/c1-37-31-38(2)34-51(33-37)43-23-17-41(18-24-43)21-27-49-53(45-13-7-9-15-47(45)55-49)29-11-5-6-12-30-54-46-14-8-10-16-48(46)56-50(54)28-22-42-19-25-44(26-20-42)52-35-39(3)32-40(4)36-52/h7-10,13-28,37-40H,5-6,11-12,29-36H2,1-4H3/q+2. The van der Waals surface area contributed by atoms with Crippen LogP contribution in [-0.2, 0) is 13.1 Å². The van der Waals surface area contributed by atoms with Crippen molar-refractivity contribution < 1.29 is 18.0 Å². The molecular weight excluding hydrogens is 689 g/mol. The van der Waals surface area contributed by atoms with E-state index in [1.165, 1.54) is 35.3 Å². The van der Waals surface area contributed by atoms with E-state index in [9.17, 15) is 0 Å². The quantitative estimate of drug-likeness (QED) is 0.0871. The van der Waals surface area contributed by atoms with Crippen LogP contribution in [0.5, 0.6) is 0 Å². The van der Waals surface area contributed by atoms with E-state index in [2.05, 4.69) is 168 Å². The highest BCUT2D eigenvalue weighted by atomic mass is 16.4. The summed E-state index contributed by atoms with van der Waals surface area (Å²) in [7, 11) is 0. The lowest BCUT2D eigenvalue weighted by atomic mass is 9.91.